The maximum absolute atomic E-state index is 12.4. The molecule has 1 heterocycles. The summed E-state index contributed by atoms with van der Waals surface area (Å²) in [5, 5.41) is 12.7. The Morgan fingerprint density at radius 1 is 1.50 bits per heavy atom. The van der Waals surface area contributed by atoms with Crippen LogP contribution in [-0.2, 0) is 16.1 Å². The van der Waals surface area contributed by atoms with Gasteiger partial charge in [-0.05, 0) is 12.8 Å². The number of carboxylic acids is 1. The van der Waals surface area contributed by atoms with Gasteiger partial charge in [0.25, 0.3) is 5.91 Å². The Kier molecular flexibility index (Phi) is 4.73. The Morgan fingerprint density at radius 3 is 2.80 bits per heavy atom. The fourth-order valence-corrected chi connectivity index (χ4v) is 2.50. The van der Waals surface area contributed by atoms with E-state index in [2.05, 4.69) is 5.16 Å². The summed E-state index contributed by atoms with van der Waals surface area (Å²) in [5.74, 6) is -0.978. The van der Waals surface area contributed by atoms with Crippen molar-refractivity contribution in [2.45, 2.75) is 38.3 Å². The molecule has 1 aromatic heterocycles. The standard InChI is InChI=1S/C13H18N2O5/c1-19-8-10-6-11(14-20-10)13(18)15(7-12(16)17)9-4-2-3-5-9/h6,9H,2-5,7-8H2,1H3,(H,16,17). The summed E-state index contributed by atoms with van der Waals surface area (Å²) in [6.45, 7) is -0.0847. The summed E-state index contributed by atoms with van der Waals surface area (Å²) in [6.07, 6.45) is 3.70. The van der Waals surface area contributed by atoms with E-state index in [-0.39, 0.29) is 24.9 Å². The predicted molar refractivity (Wildman–Crippen MR) is 68.1 cm³/mol. The van der Waals surface area contributed by atoms with E-state index in [1.807, 2.05) is 0 Å². The van der Waals surface area contributed by atoms with Crippen LogP contribution in [0.4, 0.5) is 0 Å². The van der Waals surface area contributed by atoms with Crippen molar-refractivity contribution in [3.63, 3.8) is 0 Å². The van der Waals surface area contributed by atoms with E-state index in [1.54, 1.807) is 0 Å². The van der Waals surface area contributed by atoms with E-state index in [0.29, 0.717) is 5.76 Å². The zero-order chi connectivity index (χ0) is 14.5. The van der Waals surface area contributed by atoms with E-state index < -0.39 is 11.9 Å². The van der Waals surface area contributed by atoms with Crippen LogP contribution in [0.15, 0.2) is 10.6 Å². The minimum absolute atomic E-state index is 0.0267. The minimum atomic E-state index is -1.02. The molecule has 1 fully saturated rings. The number of hydrogen-bond acceptors (Lipinski definition) is 5. The highest BCUT2D eigenvalue weighted by atomic mass is 16.5. The zero-order valence-corrected chi connectivity index (χ0v) is 11.4. The molecule has 1 aliphatic carbocycles. The first-order valence-corrected chi connectivity index (χ1v) is 6.59. The van der Waals surface area contributed by atoms with E-state index >= 15 is 0 Å². The van der Waals surface area contributed by atoms with Crippen molar-refractivity contribution in [2.75, 3.05) is 13.7 Å². The third-order valence-corrected chi connectivity index (χ3v) is 3.40. The van der Waals surface area contributed by atoms with E-state index in [1.165, 1.54) is 18.1 Å². The molecule has 0 bridgehead atoms. The molecule has 0 aliphatic heterocycles. The normalized spacial score (nSPS) is 15.4. The van der Waals surface area contributed by atoms with Crippen LogP contribution in [0.3, 0.4) is 0 Å². The number of aliphatic carboxylic acids is 1. The molecule has 1 N–H and O–H groups in total. The molecular weight excluding hydrogens is 264 g/mol. The summed E-state index contributed by atoms with van der Waals surface area (Å²) in [6, 6.07) is 1.47. The van der Waals surface area contributed by atoms with E-state index in [4.69, 9.17) is 14.4 Å². The molecule has 0 unspecified atom stereocenters. The van der Waals surface area contributed by atoms with Gasteiger partial charge >= 0.3 is 5.97 Å². The molecule has 0 spiro atoms. The second-order valence-electron chi connectivity index (χ2n) is 4.88. The zero-order valence-electron chi connectivity index (χ0n) is 11.4. The van der Waals surface area contributed by atoms with E-state index in [9.17, 15) is 9.59 Å². The number of ether oxygens (including phenoxy) is 1. The van der Waals surface area contributed by atoms with Crippen LogP contribution >= 0.6 is 0 Å². The fourth-order valence-electron chi connectivity index (χ4n) is 2.50. The Balaban J connectivity index is 2.13. The van der Waals surface area contributed by atoms with Gasteiger partial charge in [0.15, 0.2) is 11.5 Å². The number of carbonyl (C=O) groups excluding carboxylic acids is 1. The monoisotopic (exact) mass is 282 g/mol. The van der Waals surface area contributed by atoms with Crippen LogP contribution in [-0.4, -0.2) is 46.7 Å². The number of methoxy groups -OCH3 is 1. The molecule has 0 saturated heterocycles. The molecule has 1 saturated carbocycles. The van der Waals surface area contributed by atoms with Crippen molar-refractivity contribution in [2.24, 2.45) is 0 Å². The van der Waals surface area contributed by atoms with Crippen molar-refractivity contribution in [1.29, 1.82) is 0 Å². The van der Waals surface area contributed by atoms with Gasteiger partial charge in [0.1, 0.15) is 13.2 Å². The van der Waals surface area contributed by atoms with Crippen LogP contribution in [0, 0.1) is 0 Å². The lowest BCUT2D eigenvalue weighted by Gasteiger charge is -2.26. The molecule has 0 atom stereocenters. The molecule has 20 heavy (non-hydrogen) atoms. The number of nitrogens with zero attached hydrogens (tertiary/aromatic N) is 2. The summed E-state index contributed by atoms with van der Waals surface area (Å²) >= 11 is 0. The molecule has 110 valence electrons. The van der Waals surface area contributed by atoms with Gasteiger partial charge in [-0.3, -0.25) is 9.59 Å². The van der Waals surface area contributed by atoms with Crippen molar-refractivity contribution in [1.82, 2.24) is 10.1 Å². The highest BCUT2D eigenvalue weighted by Crippen LogP contribution is 2.24. The highest BCUT2D eigenvalue weighted by Gasteiger charge is 2.30. The smallest absolute Gasteiger partial charge is 0.323 e. The number of rotatable bonds is 6. The lowest BCUT2D eigenvalue weighted by atomic mass is 10.2. The van der Waals surface area contributed by atoms with Crippen molar-refractivity contribution in [3.8, 4) is 0 Å². The summed E-state index contributed by atoms with van der Waals surface area (Å²) in [7, 11) is 1.51. The first-order valence-electron chi connectivity index (χ1n) is 6.59. The van der Waals surface area contributed by atoms with Crippen LogP contribution < -0.4 is 0 Å². The Hall–Kier alpha value is -1.89. The number of carboxylic acid groups (broad SMARTS) is 1. The lowest BCUT2D eigenvalue weighted by molar-refractivity contribution is -0.138. The van der Waals surface area contributed by atoms with Crippen LogP contribution in [0.25, 0.3) is 0 Å². The van der Waals surface area contributed by atoms with Crippen molar-refractivity contribution in [3.05, 3.63) is 17.5 Å². The Bertz CT molecular complexity index is 479. The predicted octanol–water partition coefficient (Wildman–Crippen LogP) is 1.29. The summed E-state index contributed by atoms with van der Waals surface area (Å²) in [4.78, 5) is 24.7. The average molecular weight is 282 g/mol. The first kappa shape index (κ1) is 14.5. The van der Waals surface area contributed by atoms with Gasteiger partial charge in [-0.15, -0.1) is 0 Å². The SMILES string of the molecule is COCc1cc(C(=O)N(CC(=O)O)C2CCCC2)no1. The molecule has 2 rings (SSSR count). The highest BCUT2D eigenvalue weighted by molar-refractivity contribution is 5.94. The van der Waals surface area contributed by atoms with Gasteiger partial charge in [-0.25, -0.2) is 0 Å². The Labute approximate surface area is 116 Å². The van der Waals surface area contributed by atoms with Crippen molar-refractivity contribution >= 4 is 11.9 Å². The molecule has 1 amide bonds. The molecule has 7 heteroatoms. The van der Waals surface area contributed by atoms with E-state index in [0.717, 1.165) is 25.7 Å². The third-order valence-electron chi connectivity index (χ3n) is 3.40. The van der Waals surface area contributed by atoms with Gasteiger partial charge in [0.05, 0.1) is 0 Å². The minimum Gasteiger partial charge on any atom is -0.480 e. The topological polar surface area (TPSA) is 92.9 Å². The van der Waals surface area contributed by atoms with Crippen LogP contribution in [0.5, 0.6) is 0 Å². The van der Waals surface area contributed by atoms with Gasteiger partial charge in [0.2, 0.25) is 0 Å². The first-order chi connectivity index (χ1) is 9.61. The van der Waals surface area contributed by atoms with Gasteiger partial charge in [-0.1, -0.05) is 18.0 Å². The second-order valence-corrected chi connectivity index (χ2v) is 4.88. The molecule has 0 aromatic carbocycles. The van der Waals surface area contributed by atoms with Crippen molar-refractivity contribution < 1.29 is 24.0 Å². The summed E-state index contributed by atoms with van der Waals surface area (Å²) < 4.78 is 9.87. The van der Waals surface area contributed by atoms with Crippen LogP contribution in [0.2, 0.25) is 0 Å². The average Bonchev–Trinajstić information content (AvgIpc) is 3.06. The number of aromatic nitrogens is 1. The number of carbonyl (C=O) groups is 2. The second kappa shape index (κ2) is 6.51. The van der Waals surface area contributed by atoms with Gasteiger partial charge < -0.3 is 19.3 Å². The number of amides is 1. The Morgan fingerprint density at radius 2 is 2.20 bits per heavy atom. The van der Waals surface area contributed by atoms with Gasteiger partial charge in [-0.2, -0.15) is 0 Å². The molecule has 1 aliphatic rings. The maximum Gasteiger partial charge on any atom is 0.323 e. The van der Waals surface area contributed by atoms with Crippen LogP contribution in [0.1, 0.15) is 41.9 Å². The third kappa shape index (κ3) is 3.36. The lowest BCUT2D eigenvalue weighted by Crippen LogP contribution is -2.42. The maximum atomic E-state index is 12.4. The van der Waals surface area contributed by atoms with Gasteiger partial charge in [0, 0.05) is 19.2 Å². The number of hydrogen-bond donors (Lipinski definition) is 1. The fraction of sp³-hybridized carbons (Fsp3) is 0.615. The molecule has 0 radical (unpaired) electrons. The quantitative estimate of drug-likeness (QED) is 0.845. The molecule has 1 aromatic rings. The molecule has 7 nitrogen and oxygen atoms in total. The largest absolute Gasteiger partial charge is 0.480 e. The molecular formula is C13H18N2O5. The summed E-state index contributed by atoms with van der Waals surface area (Å²) in [5.41, 5.74) is 0.130.